The van der Waals surface area contributed by atoms with E-state index >= 15 is 0 Å². The zero-order chi connectivity index (χ0) is 18.5. The van der Waals surface area contributed by atoms with Crippen molar-refractivity contribution < 1.29 is 18.7 Å². The van der Waals surface area contributed by atoms with Crippen molar-refractivity contribution in [3.63, 3.8) is 0 Å². The molecule has 3 rings (SSSR count). The van der Waals surface area contributed by atoms with Gasteiger partial charge in [-0.1, -0.05) is 13.0 Å². The van der Waals surface area contributed by atoms with Gasteiger partial charge in [0.05, 0.1) is 19.3 Å². The zero-order valence-corrected chi connectivity index (χ0v) is 14.5. The van der Waals surface area contributed by atoms with Crippen LogP contribution in [0.5, 0.6) is 5.75 Å². The van der Waals surface area contributed by atoms with Crippen LogP contribution in [0.1, 0.15) is 29.4 Å². The van der Waals surface area contributed by atoms with Crippen LogP contribution in [0, 0.1) is 5.82 Å². The van der Waals surface area contributed by atoms with Gasteiger partial charge < -0.3 is 19.8 Å². The van der Waals surface area contributed by atoms with Gasteiger partial charge in [-0.05, 0) is 24.6 Å². The highest BCUT2D eigenvalue weighted by atomic mass is 19.1. The number of carbonyl (C=O) groups excluding carboxylic acids is 1. The molecule has 0 saturated carbocycles. The van der Waals surface area contributed by atoms with Crippen LogP contribution in [-0.4, -0.2) is 36.3 Å². The predicted molar refractivity (Wildman–Crippen MR) is 93.9 cm³/mol. The normalized spacial score (nSPS) is 19.8. The van der Waals surface area contributed by atoms with Crippen molar-refractivity contribution in [3.8, 4) is 5.75 Å². The molecular formula is C19H21FN2O4. The molecule has 1 aromatic heterocycles. The first-order valence-corrected chi connectivity index (χ1v) is 8.59. The molecule has 138 valence electrons. The number of hydrogen-bond donors (Lipinski definition) is 2. The first-order valence-electron chi connectivity index (χ1n) is 8.59. The number of hydrogen-bond acceptors (Lipinski definition) is 4. The Morgan fingerprint density at radius 1 is 1.38 bits per heavy atom. The van der Waals surface area contributed by atoms with Crippen molar-refractivity contribution in [2.45, 2.75) is 31.9 Å². The van der Waals surface area contributed by atoms with E-state index in [1.165, 1.54) is 18.2 Å². The van der Waals surface area contributed by atoms with Gasteiger partial charge in [-0.2, -0.15) is 0 Å². The Hall–Kier alpha value is -2.67. The molecule has 1 aromatic carbocycles. The van der Waals surface area contributed by atoms with Gasteiger partial charge in [-0.15, -0.1) is 0 Å². The van der Waals surface area contributed by atoms with E-state index in [4.69, 9.17) is 9.47 Å². The minimum absolute atomic E-state index is 0.287. The zero-order valence-electron chi connectivity index (χ0n) is 14.5. The van der Waals surface area contributed by atoms with Gasteiger partial charge in [0.15, 0.2) is 0 Å². The van der Waals surface area contributed by atoms with E-state index in [-0.39, 0.29) is 30.0 Å². The summed E-state index contributed by atoms with van der Waals surface area (Å²) in [5, 5.41) is 2.86. The average molecular weight is 360 g/mol. The van der Waals surface area contributed by atoms with Crippen LogP contribution in [0.15, 0.2) is 41.2 Å². The number of aromatic amines is 1. The summed E-state index contributed by atoms with van der Waals surface area (Å²) in [7, 11) is 0. The third-order valence-corrected chi connectivity index (χ3v) is 4.24. The summed E-state index contributed by atoms with van der Waals surface area (Å²) in [5.74, 6) is -0.347. The number of ether oxygens (including phenoxy) is 2. The topological polar surface area (TPSA) is 80.4 Å². The predicted octanol–water partition coefficient (Wildman–Crippen LogP) is 2.04. The fraction of sp³-hybridized carbons (Fsp3) is 0.368. The van der Waals surface area contributed by atoms with Gasteiger partial charge in [0.1, 0.15) is 17.7 Å². The molecule has 0 spiro atoms. The molecule has 2 heterocycles. The molecule has 1 saturated heterocycles. The number of pyridine rings is 1. The standard InChI is InChI=1S/C19H21FN2O4/c1-2-14-8-12(9-18(23)21-14)19(24)22-16-11-25-7-6-17(16)26-15-5-3-4-13(20)10-15/h3-5,8-10,16-17H,2,6-7,11H2,1H3,(H,21,23)(H,22,24)/t16-,17+/m1/s1. The number of halogens is 1. The molecular weight excluding hydrogens is 339 g/mol. The second-order valence-electron chi connectivity index (χ2n) is 6.17. The smallest absolute Gasteiger partial charge is 0.251 e. The Morgan fingerprint density at radius 2 is 2.23 bits per heavy atom. The monoisotopic (exact) mass is 360 g/mol. The van der Waals surface area contributed by atoms with Crippen molar-refractivity contribution in [1.29, 1.82) is 0 Å². The fourth-order valence-corrected chi connectivity index (χ4v) is 2.88. The third kappa shape index (κ3) is 4.49. The van der Waals surface area contributed by atoms with Gasteiger partial charge in [0.25, 0.3) is 5.91 Å². The number of rotatable bonds is 5. The van der Waals surface area contributed by atoms with Crippen molar-refractivity contribution in [2.24, 2.45) is 0 Å². The molecule has 2 atom stereocenters. The molecule has 0 bridgehead atoms. The molecule has 7 heteroatoms. The highest BCUT2D eigenvalue weighted by Crippen LogP contribution is 2.19. The van der Waals surface area contributed by atoms with Crippen LogP contribution in [0.2, 0.25) is 0 Å². The fourth-order valence-electron chi connectivity index (χ4n) is 2.88. The second-order valence-corrected chi connectivity index (χ2v) is 6.17. The van der Waals surface area contributed by atoms with Crippen LogP contribution in [0.25, 0.3) is 0 Å². The van der Waals surface area contributed by atoms with Gasteiger partial charge in [-0.3, -0.25) is 9.59 Å². The highest BCUT2D eigenvalue weighted by molar-refractivity contribution is 5.94. The summed E-state index contributed by atoms with van der Waals surface area (Å²) in [4.78, 5) is 26.9. The summed E-state index contributed by atoms with van der Waals surface area (Å²) in [6.45, 7) is 2.68. The molecule has 2 aromatic rings. The minimum Gasteiger partial charge on any atom is -0.488 e. The lowest BCUT2D eigenvalue weighted by atomic mass is 10.1. The number of benzene rings is 1. The first-order chi connectivity index (χ1) is 12.5. The maximum Gasteiger partial charge on any atom is 0.251 e. The van der Waals surface area contributed by atoms with Crippen molar-refractivity contribution in [1.82, 2.24) is 10.3 Å². The van der Waals surface area contributed by atoms with Gasteiger partial charge in [-0.25, -0.2) is 4.39 Å². The molecule has 1 aliphatic rings. The lowest BCUT2D eigenvalue weighted by Gasteiger charge is -2.32. The van der Waals surface area contributed by atoms with E-state index in [1.807, 2.05) is 6.92 Å². The SMILES string of the molecule is CCc1cc(C(=O)N[C@@H]2COCC[C@@H]2Oc2cccc(F)c2)cc(=O)[nH]1. The summed E-state index contributed by atoms with van der Waals surface area (Å²) in [6.07, 6.45) is 0.841. The molecule has 0 unspecified atom stereocenters. The summed E-state index contributed by atoms with van der Waals surface area (Å²) in [6, 6.07) is 8.40. The van der Waals surface area contributed by atoms with E-state index in [1.54, 1.807) is 18.2 Å². The Labute approximate surface area is 150 Å². The molecule has 0 aliphatic carbocycles. The number of amides is 1. The molecule has 1 fully saturated rings. The molecule has 1 amide bonds. The molecule has 1 aliphatic heterocycles. The van der Waals surface area contributed by atoms with Crippen LogP contribution in [0.3, 0.4) is 0 Å². The van der Waals surface area contributed by atoms with Crippen LogP contribution in [0.4, 0.5) is 4.39 Å². The molecule has 0 radical (unpaired) electrons. The van der Waals surface area contributed by atoms with E-state index in [2.05, 4.69) is 10.3 Å². The molecule has 2 N–H and O–H groups in total. The largest absolute Gasteiger partial charge is 0.488 e. The Balaban J connectivity index is 1.72. The summed E-state index contributed by atoms with van der Waals surface area (Å²) < 4.78 is 24.6. The van der Waals surface area contributed by atoms with Crippen LogP contribution >= 0.6 is 0 Å². The third-order valence-electron chi connectivity index (χ3n) is 4.24. The Bertz CT molecular complexity index is 836. The molecule has 6 nitrogen and oxygen atoms in total. The summed E-state index contributed by atoms with van der Waals surface area (Å²) >= 11 is 0. The number of H-pyrrole nitrogens is 1. The van der Waals surface area contributed by atoms with Gasteiger partial charge in [0.2, 0.25) is 5.56 Å². The minimum atomic E-state index is -0.399. The van der Waals surface area contributed by atoms with E-state index in [0.29, 0.717) is 36.5 Å². The number of aromatic nitrogens is 1. The van der Waals surface area contributed by atoms with Gasteiger partial charge in [0, 0.05) is 29.8 Å². The first kappa shape index (κ1) is 18.1. The Kier molecular flexibility index (Phi) is 5.68. The van der Waals surface area contributed by atoms with Crippen molar-refractivity contribution in [2.75, 3.05) is 13.2 Å². The summed E-state index contributed by atoms with van der Waals surface area (Å²) in [5.41, 5.74) is 0.665. The highest BCUT2D eigenvalue weighted by Gasteiger charge is 2.29. The number of carbonyl (C=O) groups is 1. The molecule has 26 heavy (non-hydrogen) atoms. The van der Waals surface area contributed by atoms with Crippen LogP contribution < -0.4 is 15.6 Å². The lowest BCUT2D eigenvalue weighted by Crippen LogP contribution is -2.52. The van der Waals surface area contributed by atoms with Crippen LogP contribution in [-0.2, 0) is 11.2 Å². The quantitative estimate of drug-likeness (QED) is 0.855. The van der Waals surface area contributed by atoms with Crippen molar-refractivity contribution in [3.05, 3.63) is 63.8 Å². The van der Waals surface area contributed by atoms with E-state index in [9.17, 15) is 14.0 Å². The Morgan fingerprint density at radius 3 is 3.00 bits per heavy atom. The van der Waals surface area contributed by atoms with E-state index in [0.717, 1.165) is 0 Å². The number of nitrogens with one attached hydrogen (secondary N) is 2. The average Bonchev–Trinajstić information content (AvgIpc) is 2.63. The maximum absolute atomic E-state index is 13.4. The second kappa shape index (κ2) is 8.14. The lowest BCUT2D eigenvalue weighted by molar-refractivity contribution is -0.00297. The maximum atomic E-state index is 13.4. The van der Waals surface area contributed by atoms with E-state index < -0.39 is 6.04 Å². The number of aryl methyl sites for hydroxylation is 1. The van der Waals surface area contributed by atoms with Crippen molar-refractivity contribution >= 4 is 5.91 Å². The van der Waals surface area contributed by atoms with Gasteiger partial charge >= 0.3 is 0 Å².